The standard InChI is InChI=1S/C18H14Cl2N2O2/c1-24-16-7-6-15(12-3-2-8-21-18(12)16)22-17(23)10-11-4-5-13(19)14(20)9-11/h2-9H,10H2,1H3,(H,22,23). The molecule has 1 aromatic heterocycles. The zero-order chi connectivity index (χ0) is 17.1. The lowest BCUT2D eigenvalue weighted by atomic mass is 10.1. The van der Waals surface area contributed by atoms with Crippen LogP contribution in [0.15, 0.2) is 48.7 Å². The zero-order valence-electron chi connectivity index (χ0n) is 12.8. The zero-order valence-corrected chi connectivity index (χ0v) is 14.4. The van der Waals surface area contributed by atoms with E-state index in [1.54, 1.807) is 43.6 Å². The Balaban J connectivity index is 1.84. The highest BCUT2D eigenvalue weighted by molar-refractivity contribution is 6.42. The van der Waals surface area contributed by atoms with Crippen molar-refractivity contribution in [3.05, 3.63) is 64.3 Å². The summed E-state index contributed by atoms with van der Waals surface area (Å²) in [6, 6.07) is 12.4. The quantitative estimate of drug-likeness (QED) is 0.731. The molecular weight excluding hydrogens is 347 g/mol. The highest BCUT2D eigenvalue weighted by Crippen LogP contribution is 2.30. The molecule has 0 spiro atoms. The minimum Gasteiger partial charge on any atom is -0.494 e. The lowest BCUT2D eigenvalue weighted by Crippen LogP contribution is -2.14. The SMILES string of the molecule is COc1ccc(NC(=O)Cc2ccc(Cl)c(Cl)c2)c2cccnc12. The molecule has 0 aliphatic carbocycles. The summed E-state index contributed by atoms with van der Waals surface area (Å²) < 4.78 is 5.31. The van der Waals surface area contributed by atoms with Crippen molar-refractivity contribution in [2.75, 3.05) is 12.4 Å². The van der Waals surface area contributed by atoms with Crippen LogP contribution in [0.1, 0.15) is 5.56 Å². The van der Waals surface area contributed by atoms with Gasteiger partial charge in [-0.1, -0.05) is 29.3 Å². The smallest absolute Gasteiger partial charge is 0.228 e. The third kappa shape index (κ3) is 3.45. The molecule has 4 nitrogen and oxygen atoms in total. The first-order valence-electron chi connectivity index (χ1n) is 7.24. The van der Waals surface area contributed by atoms with E-state index in [1.165, 1.54) is 0 Å². The number of rotatable bonds is 4. The van der Waals surface area contributed by atoms with Gasteiger partial charge in [-0.2, -0.15) is 0 Å². The van der Waals surface area contributed by atoms with Gasteiger partial charge in [0.05, 0.1) is 29.3 Å². The Hall–Kier alpha value is -2.30. The van der Waals surface area contributed by atoms with E-state index in [1.807, 2.05) is 12.1 Å². The molecule has 0 bridgehead atoms. The summed E-state index contributed by atoms with van der Waals surface area (Å²) in [7, 11) is 1.59. The highest BCUT2D eigenvalue weighted by atomic mass is 35.5. The molecule has 0 atom stereocenters. The summed E-state index contributed by atoms with van der Waals surface area (Å²) in [6.07, 6.45) is 1.89. The number of ether oxygens (including phenoxy) is 1. The normalized spacial score (nSPS) is 10.6. The van der Waals surface area contributed by atoms with Crippen LogP contribution in [0.25, 0.3) is 10.9 Å². The number of hydrogen-bond donors (Lipinski definition) is 1. The van der Waals surface area contributed by atoms with E-state index in [9.17, 15) is 4.79 Å². The molecule has 1 N–H and O–H groups in total. The van der Waals surface area contributed by atoms with Crippen LogP contribution in [0.2, 0.25) is 10.0 Å². The average Bonchev–Trinajstić information content (AvgIpc) is 2.58. The van der Waals surface area contributed by atoms with Crippen molar-refractivity contribution in [3.63, 3.8) is 0 Å². The van der Waals surface area contributed by atoms with Crippen molar-refractivity contribution in [2.24, 2.45) is 0 Å². The number of nitrogens with zero attached hydrogens (tertiary/aromatic N) is 1. The molecule has 0 saturated heterocycles. The first-order valence-corrected chi connectivity index (χ1v) is 7.99. The number of carbonyl (C=O) groups is 1. The third-order valence-electron chi connectivity index (χ3n) is 3.58. The van der Waals surface area contributed by atoms with Gasteiger partial charge in [-0.3, -0.25) is 9.78 Å². The van der Waals surface area contributed by atoms with Crippen LogP contribution in [-0.4, -0.2) is 18.0 Å². The largest absolute Gasteiger partial charge is 0.494 e. The van der Waals surface area contributed by atoms with Crippen molar-refractivity contribution >= 4 is 45.7 Å². The van der Waals surface area contributed by atoms with Crippen LogP contribution in [0, 0.1) is 0 Å². The van der Waals surface area contributed by atoms with Crippen LogP contribution in [0.4, 0.5) is 5.69 Å². The summed E-state index contributed by atoms with van der Waals surface area (Å²) in [5, 5.41) is 4.62. The molecule has 0 unspecified atom stereocenters. The van der Waals surface area contributed by atoms with Crippen molar-refractivity contribution in [1.82, 2.24) is 4.98 Å². The average molecular weight is 361 g/mol. The first-order chi connectivity index (χ1) is 11.6. The van der Waals surface area contributed by atoms with Gasteiger partial charge in [-0.15, -0.1) is 0 Å². The van der Waals surface area contributed by atoms with Crippen LogP contribution in [0.3, 0.4) is 0 Å². The molecular formula is C18H14Cl2N2O2. The molecule has 0 aliphatic rings. The predicted octanol–water partition coefficient (Wildman–Crippen LogP) is 4.73. The van der Waals surface area contributed by atoms with Gasteiger partial charge < -0.3 is 10.1 Å². The Morgan fingerprint density at radius 2 is 2.00 bits per heavy atom. The number of anilines is 1. The van der Waals surface area contributed by atoms with Crippen molar-refractivity contribution in [1.29, 1.82) is 0 Å². The Labute approximate surface area is 149 Å². The van der Waals surface area contributed by atoms with E-state index in [2.05, 4.69) is 10.3 Å². The lowest BCUT2D eigenvalue weighted by Gasteiger charge is -2.11. The van der Waals surface area contributed by atoms with E-state index in [0.717, 1.165) is 10.9 Å². The number of nitrogens with one attached hydrogen (secondary N) is 1. The summed E-state index contributed by atoms with van der Waals surface area (Å²) in [5.74, 6) is 0.511. The molecule has 0 radical (unpaired) electrons. The van der Waals surface area contributed by atoms with E-state index in [4.69, 9.17) is 27.9 Å². The van der Waals surface area contributed by atoms with Gasteiger partial charge in [0, 0.05) is 11.6 Å². The van der Waals surface area contributed by atoms with Gasteiger partial charge in [0.2, 0.25) is 5.91 Å². The Kier molecular flexibility index (Phi) is 4.88. The predicted molar refractivity (Wildman–Crippen MR) is 97.1 cm³/mol. The van der Waals surface area contributed by atoms with Crippen molar-refractivity contribution in [2.45, 2.75) is 6.42 Å². The van der Waals surface area contributed by atoms with Gasteiger partial charge in [0.1, 0.15) is 11.3 Å². The second-order valence-electron chi connectivity index (χ2n) is 5.19. The molecule has 3 aromatic rings. The summed E-state index contributed by atoms with van der Waals surface area (Å²) >= 11 is 11.9. The number of amides is 1. The van der Waals surface area contributed by atoms with Gasteiger partial charge in [-0.25, -0.2) is 0 Å². The fourth-order valence-electron chi connectivity index (χ4n) is 2.45. The molecule has 0 fully saturated rings. The number of aromatic nitrogens is 1. The number of methoxy groups -OCH3 is 1. The molecule has 3 rings (SSSR count). The maximum absolute atomic E-state index is 12.3. The Morgan fingerprint density at radius 3 is 2.75 bits per heavy atom. The Bertz CT molecular complexity index is 913. The number of hydrogen-bond acceptors (Lipinski definition) is 3. The van der Waals surface area contributed by atoms with E-state index < -0.39 is 0 Å². The van der Waals surface area contributed by atoms with Gasteiger partial charge in [-0.05, 0) is 42.0 Å². The second-order valence-corrected chi connectivity index (χ2v) is 6.00. The molecule has 0 aliphatic heterocycles. The van der Waals surface area contributed by atoms with Crippen LogP contribution < -0.4 is 10.1 Å². The molecule has 0 saturated carbocycles. The third-order valence-corrected chi connectivity index (χ3v) is 4.31. The summed E-state index contributed by atoms with van der Waals surface area (Å²) in [4.78, 5) is 16.7. The fraction of sp³-hybridized carbons (Fsp3) is 0.111. The van der Waals surface area contributed by atoms with Crippen molar-refractivity contribution in [3.8, 4) is 5.75 Å². The van der Waals surface area contributed by atoms with Gasteiger partial charge >= 0.3 is 0 Å². The number of halogens is 2. The number of carbonyl (C=O) groups excluding carboxylic acids is 1. The molecule has 24 heavy (non-hydrogen) atoms. The molecule has 1 heterocycles. The summed E-state index contributed by atoms with van der Waals surface area (Å²) in [5.41, 5.74) is 2.18. The summed E-state index contributed by atoms with van der Waals surface area (Å²) in [6.45, 7) is 0. The second kappa shape index (κ2) is 7.07. The van der Waals surface area contributed by atoms with E-state index in [-0.39, 0.29) is 12.3 Å². The Morgan fingerprint density at radius 1 is 1.17 bits per heavy atom. The van der Waals surface area contributed by atoms with E-state index in [0.29, 0.717) is 27.0 Å². The maximum atomic E-state index is 12.3. The minimum absolute atomic E-state index is 0.149. The van der Waals surface area contributed by atoms with Crippen LogP contribution in [-0.2, 0) is 11.2 Å². The first kappa shape index (κ1) is 16.6. The van der Waals surface area contributed by atoms with E-state index >= 15 is 0 Å². The lowest BCUT2D eigenvalue weighted by molar-refractivity contribution is -0.115. The molecule has 1 amide bonds. The monoisotopic (exact) mass is 360 g/mol. The minimum atomic E-state index is -0.149. The van der Waals surface area contributed by atoms with Crippen molar-refractivity contribution < 1.29 is 9.53 Å². The van der Waals surface area contributed by atoms with Crippen LogP contribution >= 0.6 is 23.2 Å². The highest BCUT2D eigenvalue weighted by Gasteiger charge is 2.11. The van der Waals surface area contributed by atoms with Gasteiger partial charge in [0.25, 0.3) is 0 Å². The fourth-order valence-corrected chi connectivity index (χ4v) is 2.77. The topological polar surface area (TPSA) is 51.2 Å². The maximum Gasteiger partial charge on any atom is 0.228 e. The number of pyridine rings is 1. The van der Waals surface area contributed by atoms with Gasteiger partial charge in [0.15, 0.2) is 0 Å². The molecule has 6 heteroatoms. The molecule has 122 valence electrons. The number of fused-ring (bicyclic) bond motifs is 1. The number of benzene rings is 2. The van der Waals surface area contributed by atoms with Crippen LogP contribution in [0.5, 0.6) is 5.75 Å². The molecule has 2 aromatic carbocycles.